The van der Waals surface area contributed by atoms with Gasteiger partial charge in [0.05, 0.1) is 6.42 Å². The highest BCUT2D eigenvalue weighted by Crippen LogP contribution is 2.13. The monoisotopic (exact) mass is 314 g/mol. The molecule has 0 bridgehead atoms. The van der Waals surface area contributed by atoms with E-state index in [1.54, 1.807) is 49.5 Å². The van der Waals surface area contributed by atoms with E-state index in [4.69, 9.17) is 0 Å². The van der Waals surface area contributed by atoms with Gasteiger partial charge in [0, 0.05) is 31.8 Å². The Hall–Kier alpha value is -2.69. The van der Waals surface area contributed by atoms with Crippen LogP contribution in [0.15, 0.2) is 48.5 Å². The van der Waals surface area contributed by atoms with Crippen molar-refractivity contribution in [2.75, 3.05) is 12.4 Å². The second-order valence-electron chi connectivity index (χ2n) is 5.40. The van der Waals surface area contributed by atoms with Crippen LogP contribution in [0.2, 0.25) is 0 Å². The zero-order valence-electron chi connectivity index (χ0n) is 13.2. The topological polar surface area (TPSA) is 49.4 Å². The quantitative estimate of drug-likeness (QED) is 0.922. The Morgan fingerprint density at radius 1 is 1.09 bits per heavy atom. The van der Waals surface area contributed by atoms with Gasteiger partial charge in [0.2, 0.25) is 11.8 Å². The Labute approximate surface area is 134 Å². The van der Waals surface area contributed by atoms with Crippen molar-refractivity contribution in [1.82, 2.24) is 4.90 Å². The SMILES string of the molecule is CC(=O)Nc1ccc(CC(=O)N(C)Cc2ccccc2F)cc1. The van der Waals surface area contributed by atoms with Crippen molar-refractivity contribution >= 4 is 17.5 Å². The lowest BCUT2D eigenvalue weighted by molar-refractivity contribution is -0.129. The van der Waals surface area contributed by atoms with E-state index in [2.05, 4.69) is 5.32 Å². The number of carbonyl (C=O) groups excluding carboxylic acids is 2. The van der Waals surface area contributed by atoms with Crippen molar-refractivity contribution in [1.29, 1.82) is 0 Å². The third-order valence-corrected chi connectivity index (χ3v) is 3.42. The standard InChI is InChI=1S/C18H19FN2O2/c1-13(22)20-16-9-7-14(8-10-16)11-18(23)21(2)12-15-5-3-4-6-17(15)19/h3-10H,11-12H2,1-2H3,(H,20,22). The predicted octanol–water partition coefficient (Wildman–Crippen LogP) is 2.99. The second-order valence-corrected chi connectivity index (χ2v) is 5.40. The molecule has 2 aromatic rings. The van der Waals surface area contributed by atoms with Crippen LogP contribution in [0.5, 0.6) is 0 Å². The van der Waals surface area contributed by atoms with Crippen LogP contribution < -0.4 is 5.32 Å². The summed E-state index contributed by atoms with van der Waals surface area (Å²) in [5, 5.41) is 2.67. The molecule has 0 aliphatic rings. The van der Waals surface area contributed by atoms with Crippen molar-refractivity contribution in [2.24, 2.45) is 0 Å². The van der Waals surface area contributed by atoms with Crippen LogP contribution in [-0.4, -0.2) is 23.8 Å². The summed E-state index contributed by atoms with van der Waals surface area (Å²) in [5.41, 5.74) is 2.02. The van der Waals surface area contributed by atoms with Gasteiger partial charge in [-0.1, -0.05) is 30.3 Å². The Balaban J connectivity index is 1.95. The first kappa shape index (κ1) is 16.7. The zero-order chi connectivity index (χ0) is 16.8. The minimum absolute atomic E-state index is 0.0967. The maximum absolute atomic E-state index is 13.6. The summed E-state index contributed by atoms with van der Waals surface area (Å²) in [6, 6.07) is 13.5. The molecule has 0 aliphatic heterocycles. The van der Waals surface area contributed by atoms with Gasteiger partial charge in [-0.05, 0) is 23.8 Å². The molecule has 2 amide bonds. The third kappa shape index (κ3) is 4.92. The van der Waals surface area contributed by atoms with Gasteiger partial charge < -0.3 is 10.2 Å². The normalized spacial score (nSPS) is 10.2. The molecule has 0 aromatic heterocycles. The lowest BCUT2D eigenvalue weighted by Crippen LogP contribution is -2.28. The maximum atomic E-state index is 13.6. The molecule has 4 nitrogen and oxygen atoms in total. The zero-order valence-corrected chi connectivity index (χ0v) is 13.2. The summed E-state index contributed by atoms with van der Waals surface area (Å²) in [5.74, 6) is -0.550. The number of hydrogen-bond donors (Lipinski definition) is 1. The Bertz CT molecular complexity index is 698. The molecule has 2 aromatic carbocycles. The van der Waals surface area contributed by atoms with Crippen molar-refractivity contribution in [2.45, 2.75) is 19.9 Å². The Morgan fingerprint density at radius 2 is 1.74 bits per heavy atom. The molecule has 0 aliphatic carbocycles. The molecule has 0 fully saturated rings. The lowest BCUT2D eigenvalue weighted by Gasteiger charge is -2.18. The van der Waals surface area contributed by atoms with E-state index in [1.807, 2.05) is 0 Å². The van der Waals surface area contributed by atoms with E-state index in [0.29, 0.717) is 11.3 Å². The van der Waals surface area contributed by atoms with E-state index in [0.717, 1.165) is 5.56 Å². The molecule has 0 heterocycles. The largest absolute Gasteiger partial charge is 0.341 e. The van der Waals surface area contributed by atoms with Gasteiger partial charge in [-0.25, -0.2) is 4.39 Å². The first-order valence-corrected chi connectivity index (χ1v) is 7.29. The maximum Gasteiger partial charge on any atom is 0.227 e. The van der Waals surface area contributed by atoms with Gasteiger partial charge in [-0.3, -0.25) is 9.59 Å². The average molecular weight is 314 g/mol. The second kappa shape index (κ2) is 7.54. The predicted molar refractivity (Wildman–Crippen MR) is 87.3 cm³/mol. The summed E-state index contributed by atoms with van der Waals surface area (Å²) >= 11 is 0. The van der Waals surface area contributed by atoms with Crippen molar-refractivity contribution in [3.8, 4) is 0 Å². The molecule has 0 saturated heterocycles. The minimum atomic E-state index is -0.313. The van der Waals surface area contributed by atoms with Crippen LogP contribution in [0.4, 0.5) is 10.1 Å². The molecule has 0 radical (unpaired) electrons. The summed E-state index contributed by atoms with van der Waals surface area (Å²) < 4.78 is 13.6. The molecule has 0 unspecified atom stereocenters. The number of likely N-dealkylation sites (N-methyl/N-ethyl adjacent to an activating group) is 1. The summed E-state index contributed by atoms with van der Waals surface area (Å²) in [7, 11) is 1.65. The van der Waals surface area contributed by atoms with Crippen LogP contribution in [0.25, 0.3) is 0 Å². The van der Waals surface area contributed by atoms with E-state index < -0.39 is 0 Å². The van der Waals surface area contributed by atoms with E-state index in [9.17, 15) is 14.0 Å². The summed E-state index contributed by atoms with van der Waals surface area (Å²) in [6.45, 7) is 1.67. The van der Waals surface area contributed by atoms with Gasteiger partial charge in [-0.2, -0.15) is 0 Å². The molecule has 1 N–H and O–H groups in total. The van der Waals surface area contributed by atoms with E-state index >= 15 is 0 Å². The molecule has 0 saturated carbocycles. The van der Waals surface area contributed by atoms with Gasteiger partial charge in [-0.15, -0.1) is 0 Å². The van der Waals surface area contributed by atoms with Gasteiger partial charge in [0.25, 0.3) is 0 Å². The molecule has 23 heavy (non-hydrogen) atoms. The first-order valence-electron chi connectivity index (χ1n) is 7.29. The number of halogens is 1. The number of amides is 2. The van der Waals surface area contributed by atoms with Crippen molar-refractivity contribution < 1.29 is 14.0 Å². The molecule has 2 rings (SSSR count). The smallest absolute Gasteiger partial charge is 0.227 e. The molecular formula is C18H19FN2O2. The number of nitrogens with zero attached hydrogens (tertiary/aromatic N) is 1. The molecule has 0 spiro atoms. The number of benzene rings is 2. The van der Waals surface area contributed by atoms with Crippen LogP contribution >= 0.6 is 0 Å². The third-order valence-electron chi connectivity index (χ3n) is 3.42. The lowest BCUT2D eigenvalue weighted by atomic mass is 10.1. The highest BCUT2D eigenvalue weighted by Gasteiger charge is 2.12. The average Bonchev–Trinajstić information content (AvgIpc) is 2.51. The number of carbonyl (C=O) groups is 2. The van der Waals surface area contributed by atoms with Crippen molar-refractivity contribution in [3.63, 3.8) is 0 Å². The van der Waals surface area contributed by atoms with Crippen LogP contribution in [0.3, 0.4) is 0 Å². The van der Waals surface area contributed by atoms with Crippen LogP contribution in [-0.2, 0) is 22.6 Å². The van der Waals surface area contributed by atoms with Crippen LogP contribution in [0, 0.1) is 5.82 Å². The van der Waals surface area contributed by atoms with Gasteiger partial charge in [0.1, 0.15) is 5.82 Å². The van der Waals surface area contributed by atoms with Gasteiger partial charge in [0.15, 0.2) is 0 Å². The molecule has 120 valence electrons. The summed E-state index contributed by atoms with van der Waals surface area (Å²) in [4.78, 5) is 24.7. The van der Waals surface area contributed by atoms with E-state index in [1.165, 1.54) is 17.9 Å². The van der Waals surface area contributed by atoms with E-state index in [-0.39, 0.29) is 30.6 Å². The highest BCUT2D eigenvalue weighted by atomic mass is 19.1. The number of hydrogen-bond acceptors (Lipinski definition) is 2. The Kier molecular flexibility index (Phi) is 5.46. The van der Waals surface area contributed by atoms with Gasteiger partial charge >= 0.3 is 0 Å². The molecule has 5 heteroatoms. The van der Waals surface area contributed by atoms with Crippen LogP contribution in [0.1, 0.15) is 18.1 Å². The fourth-order valence-electron chi connectivity index (χ4n) is 2.19. The Morgan fingerprint density at radius 3 is 2.35 bits per heavy atom. The highest BCUT2D eigenvalue weighted by molar-refractivity contribution is 5.88. The number of anilines is 1. The van der Waals surface area contributed by atoms with Crippen molar-refractivity contribution in [3.05, 3.63) is 65.5 Å². The number of nitrogens with one attached hydrogen (secondary N) is 1. The number of rotatable bonds is 5. The molecular weight excluding hydrogens is 295 g/mol. The first-order chi connectivity index (χ1) is 11.0. The minimum Gasteiger partial charge on any atom is -0.341 e. The fraction of sp³-hybridized carbons (Fsp3) is 0.222. The molecule has 0 atom stereocenters. The summed E-state index contributed by atoms with van der Waals surface area (Å²) in [6.07, 6.45) is 0.227. The fourth-order valence-corrected chi connectivity index (χ4v) is 2.19.